The number of Topliss-reactive ketones (excluding diaryl/α,β-unsaturated/α-hetero) is 1. The maximum absolute atomic E-state index is 13.9. The van der Waals surface area contributed by atoms with E-state index >= 15 is 0 Å². The molecule has 210 valence electrons. The average molecular weight is 569 g/mol. The number of anilines is 1. The van der Waals surface area contributed by atoms with E-state index in [2.05, 4.69) is 31.0 Å². The molecule has 0 radical (unpaired) electrons. The number of methoxy groups -OCH3 is 1. The third-order valence-electron chi connectivity index (χ3n) is 7.85. The predicted molar refractivity (Wildman–Crippen MR) is 160 cm³/mol. The molecule has 3 aromatic rings. The van der Waals surface area contributed by atoms with Crippen LogP contribution >= 0.6 is 11.6 Å². The number of nitriles is 1. The molecule has 1 atom stereocenters. The van der Waals surface area contributed by atoms with E-state index in [0.717, 1.165) is 33.7 Å². The van der Waals surface area contributed by atoms with Crippen LogP contribution in [0.2, 0.25) is 5.15 Å². The van der Waals surface area contributed by atoms with Gasteiger partial charge in [0.25, 0.3) is 0 Å². The molecule has 5 rings (SSSR count). The van der Waals surface area contributed by atoms with Gasteiger partial charge in [-0.15, -0.1) is 0 Å². The first-order chi connectivity index (χ1) is 19.5. The van der Waals surface area contributed by atoms with Crippen LogP contribution in [0, 0.1) is 30.6 Å². The number of halogens is 1. The quantitative estimate of drug-likeness (QED) is 0.323. The first-order valence-electron chi connectivity index (χ1n) is 13.5. The van der Waals surface area contributed by atoms with Crippen LogP contribution in [0.1, 0.15) is 54.9 Å². The lowest BCUT2D eigenvalue weighted by Crippen LogP contribution is -2.42. The number of hydrogen-bond acceptors (Lipinski definition) is 7. The maximum atomic E-state index is 13.9. The molecule has 1 aliphatic heterocycles. The molecule has 0 amide bonds. The Morgan fingerprint density at radius 2 is 1.83 bits per heavy atom. The Balaban J connectivity index is 1.64. The molecule has 2 heterocycles. The van der Waals surface area contributed by atoms with E-state index in [9.17, 15) is 10.1 Å². The van der Waals surface area contributed by atoms with Gasteiger partial charge in [-0.3, -0.25) is 9.69 Å². The van der Waals surface area contributed by atoms with E-state index in [1.165, 1.54) is 0 Å². The lowest BCUT2D eigenvalue weighted by Gasteiger charge is -2.44. The minimum absolute atomic E-state index is 0.00233. The van der Waals surface area contributed by atoms with Gasteiger partial charge in [0, 0.05) is 23.9 Å². The van der Waals surface area contributed by atoms with Crippen molar-refractivity contribution in [2.24, 2.45) is 11.1 Å². The molecule has 2 aromatic carbocycles. The standard InChI is InChI=1S/C33H33ClN4O3/c1-19-13-20(2)24(14-21(19)18-41-23-10-8-22(40-5)9-11-23)29-25(17-35)32(36)38(26-7-6-12-37-31(26)34)27-15-33(3,4)16-28(39)30(27)29/h6-14,29H,15-16,18,36H2,1-5H3. The number of ketones is 1. The van der Waals surface area contributed by atoms with E-state index in [1.54, 1.807) is 30.3 Å². The van der Waals surface area contributed by atoms with Gasteiger partial charge in [-0.05, 0) is 84.3 Å². The second-order valence-electron chi connectivity index (χ2n) is 11.4. The Morgan fingerprint density at radius 1 is 1.12 bits per heavy atom. The minimum Gasteiger partial charge on any atom is -0.497 e. The summed E-state index contributed by atoms with van der Waals surface area (Å²) in [6.07, 6.45) is 2.56. The van der Waals surface area contributed by atoms with Crippen LogP contribution in [0.4, 0.5) is 5.69 Å². The highest BCUT2D eigenvalue weighted by Gasteiger charge is 2.45. The maximum Gasteiger partial charge on any atom is 0.162 e. The van der Waals surface area contributed by atoms with Crippen LogP contribution in [0.25, 0.3) is 0 Å². The summed E-state index contributed by atoms with van der Waals surface area (Å²) in [5.41, 5.74) is 12.6. The van der Waals surface area contributed by atoms with Crippen molar-refractivity contribution in [2.45, 2.75) is 53.1 Å². The fraction of sp³-hybridized carbons (Fsp3) is 0.303. The number of nitrogens with zero attached hydrogens (tertiary/aromatic N) is 3. The van der Waals surface area contributed by atoms with Crippen LogP contribution in [-0.2, 0) is 11.4 Å². The number of allylic oxidation sites excluding steroid dienone is 3. The number of benzene rings is 2. The molecule has 0 saturated carbocycles. The fourth-order valence-corrected chi connectivity index (χ4v) is 6.06. The number of rotatable bonds is 6. The first-order valence-corrected chi connectivity index (χ1v) is 13.9. The van der Waals surface area contributed by atoms with Crippen molar-refractivity contribution in [2.75, 3.05) is 12.0 Å². The SMILES string of the molecule is COc1ccc(OCc2cc(C3C(C#N)=C(N)N(c4cccnc4Cl)C4=C3C(=O)CC(C)(C)C4)c(C)cc2C)cc1. The van der Waals surface area contributed by atoms with Gasteiger partial charge in [-0.25, -0.2) is 4.98 Å². The number of pyridine rings is 1. The van der Waals surface area contributed by atoms with Crippen LogP contribution in [0.3, 0.4) is 0 Å². The Labute approximate surface area is 245 Å². The van der Waals surface area contributed by atoms with Gasteiger partial charge >= 0.3 is 0 Å². The fourth-order valence-electron chi connectivity index (χ4n) is 5.86. The summed E-state index contributed by atoms with van der Waals surface area (Å²) in [5.74, 6) is 1.12. The highest BCUT2D eigenvalue weighted by molar-refractivity contribution is 6.32. The van der Waals surface area contributed by atoms with Gasteiger partial charge < -0.3 is 15.2 Å². The van der Waals surface area contributed by atoms with Gasteiger partial charge in [-0.2, -0.15) is 5.26 Å². The van der Waals surface area contributed by atoms with Crippen molar-refractivity contribution < 1.29 is 14.3 Å². The second-order valence-corrected chi connectivity index (χ2v) is 11.8. The third kappa shape index (κ3) is 5.28. The van der Waals surface area contributed by atoms with Gasteiger partial charge in [0.15, 0.2) is 10.9 Å². The zero-order chi connectivity index (χ0) is 29.5. The van der Waals surface area contributed by atoms with Gasteiger partial charge in [0.1, 0.15) is 23.9 Å². The summed E-state index contributed by atoms with van der Waals surface area (Å²) in [7, 11) is 1.62. The Bertz CT molecular complexity index is 1630. The van der Waals surface area contributed by atoms with E-state index in [4.69, 9.17) is 26.8 Å². The zero-order valence-corrected chi connectivity index (χ0v) is 24.7. The first kappa shape index (κ1) is 28.3. The van der Waals surface area contributed by atoms with E-state index in [0.29, 0.717) is 42.0 Å². The predicted octanol–water partition coefficient (Wildman–Crippen LogP) is 6.88. The van der Waals surface area contributed by atoms with E-state index in [1.807, 2.05) is 44.2 Å². The molecule has 1 unspecified atom stereocenters. The molecule has 2 aliphatic rings. The van der Waals surface area contributed by atoms with Crippen molar-refractivity contribution in [1.29, 1.82) is 5.26 Å². The van der Waals surface area contributed by atoms with Gasteiger partial charge in [0.2, 0.25) is 0 Å². The highest BCUT2D eigenvalue weighted by atomic mass is 35.5. The molecule has 1 aromatic heterocycles. The molecule has 8 heteroatoms. The molecule has 7 nitrogen and oxygen atoms in total. The molecule has 0 spiro atoms. The molecule has 0 saturated heterocycles. The normalized spacial score (nSPS) is 18.2. The van der Waals surface area contributed by atoms with Gasteiger partial charge in [0.05, 0.1) is 30.4 Å². The van der Waals surface area contributed by atoms with E-state index in [-0.39, 0.29) is 22.2 Å². The summed E-state index contributed by atoms with van der Waals surface area (Å²) in [6, 6.07) is 17.5. The molecule has 41 heavy (non-hydrogen) atoms. The van der Waals surface area contributed by atoms with Crippen LogP contribution in [-0.4, -0.2) is 17.9 Å². The van der Waals surface area contributed by atoms with Crippen LogP contribution < -0.4 is 20.1 Å². The molecule has 1 aliphatic carbocycles. The lowest BCUT2D eigenvalue weighted by atomic mass is 9.68. The molecule has 0 fully saturated rings. The number of aromatic nitrogens is 1. The summed E-state index contributed by atoms with van der Waals surface area (Å²) in [4.78, 5) is 19.9. The van der Waals surface area contributed by atoms with Crippen molar-refractivity contribution in [3.63, 3.8) is 0 Å². The summed E-state index contributed by atoms with van der Waals surface area (Å²) in [6.45, 7) is 8.49. The highest BCUT2D eigenvalue weighted by Crippen LogP contribution is 2.51. The third-order valence-corrected chi connectivity index (χ3v) is 8.14. The smallest absolute Gasteiger partial charge is 0.162 e. The van der Waals surface area contributed by atoms with Crippen molar-refractivity contribution in [3.8, 4) is 17.6 Å². The average Bonchev–Trinajstić information content (AvgIpc) is 2.92. The Hall–Kier alpha value is -4.28. The number of carbonyl (C=O) groups excluding carboxylic acids is 1. The van der Waals surface area contributed by atoms with E-state index < -0.39 is 5.92 Å². The summed E-state index contributed by atoms with van der Waals surface area (Å²) < 4.78 is 11.3. The number of aryl methyl sites for hydroxylation is 2. The largest absolute Gasteiger partial charge is 0.497 e. The monoisotopic (exact) mass is 568 g/mol. The summed E-state index contributed by atoms with van der Waals surface area (Å²) in [5, 5.41) is 10.7. The zero-order valence-electron chi connectivity index (χ0n) is 23.9. The van der Waals surface area contributed by atoms with Crippen molar-refractivity contribution in [3.05, 3.63) is 105 Å². The van der Waals surface area contributed by atoms with Gasteiger partial charge in [-0.1, -0.05) is 37.6 Å². The second kappa shape index (κ2) is 10.9. The molecule has 2 N–H and O–H groups in total. The van der Waals surface area contributed by atoms with Crippen LogP contribution in [0.5, 0.6) is 11.5 Å². The van der Waals surface area contributed by atoms with Crippen molar-refractivity contribution in [1.82, 2.24) is 4.98 Å². The number of carbonyl (C=O) groups is 1. The topological polar surface area (TPSA) is 101 Å². The Kier molecular flexibility index (Phi) is 7.54. The number of ether oxygens (including phenoxy) is 2. The number of hydrogen-bond donors (Lipinski definition) is 1. The minimum atomic E-state index is -0.606. The van der Waals surface area contributed by atoms with Crippen LogP contribution in [0.15, 0.2) is 77.4 Å². The Morgan fingerprint density at radius 3 is 2.49 bits per heavy atom. The molecular formula is C33H33ClN4O3. The molecule has 0 bridgehead atoms. The number of nitrogens with two attached hydrogens (primary N) is 1. The van der Waals surface area contributed by atoms with Crippen molar-refractivity contribution >= 4 is 23.1 Å². The molecular weight excluding hydrogens is 536 g/mol. The summed E-state index contributed by atoms with van der Waals surface area (Å²) >= 11 is 6.53. The lowest BCUT2D eigenvalue weighted by molar-refractivity contribution is -0.118.